The van der Waals surface area contributed by atoms with Crippen molar-refractivity contribution < 1.29 is 39.5 Å². The van der Waals surface area contributed by atoms with Gasteiger partial charge in [0.15, 0.2) is 0 Å². The van der Waals surface area contributed by atoms with Gasteiger partial charge >= 0.3 is 11.9 Å². The summed E-state index contributed by atoms with van der Waals surface area (Å²) < 4.78 is 10.3. The minimum absolute atomic E-state index is 0.000910. The van der Waals surface area contributed by atoms with E-state index in [1.165, 1.54) is 232 Å². The van der Waals surface area contributed by atoms with Crippen LogP contribution in [0.3, 0.4) is 0 Å². The predicted octanol–water partition coefficient (Wildman–Crippen LogP) is 26.9. The largest absolute Gasteiger partial charge is 0.462 e. The first kappa shape index (κ1) is 95.0. The Balaban J connectivity index is 0.000000603. The quantitative estimate of drug-likeness (QED) is 0.0270. The van der Waals surface area contributed by atoms with Gasteiger partial charge in [-0.25, -0.2) is 0 Å². The molecule has 0 aromatic carbocycles. The first-order chi connectivity index (χ1) is 48.0. The molecule has 6 rings (SSSR count). The standard InChI is InChI=1S/C20H34O.C16H32O.C16H28O.C15H26O.C13H24O2.C12H22O2/c1-16(2)8-5-9-17(3)10-6-11-18(4)14-15-19-12-7-13-20(19)21;2*1-4-13(2)7-5-8-14(3)11-12-15-9-6-10-16(15)17;1-12(2)6-4-7-13(3)10-11-14-8-5-9-15(14)16;1-2-3-4-5-6-7-8-9-12-10-11-13(14)15-12;1-2-3-4-5-6-7-8-11-9-10-12(13)14-11/h8,10,14,19-21H,5-7,9,11-13,15H2,1-4H3;13-17H,4-12H2,1-3H3;7,11,15-17H,4-6,8-10,12H2,1-3H3;6,10,14-16H,4-5,7-9,11H2,1-3H3;12H,2-11H2,1H3;11H,2-10H2,1H3/b17-10+,18-14+;;13-7+,14-11+;13-10+;;. The van der Waals surface area contributed by atoms with E-state index in [1.807, 2.05) is 0 Å². The van der Waals surface area contributed by atoms with Crippen LogP contribution in [0.25, 0.3) is 0 Å². The molecule has 4 saturated carbocycles. The highest BCUT2D eigenvalue weighted by Crippen LogP contribution is 2.34. The van der Waals surface area contributed by atoms with Gasteiger partial charge in [0.2, 0.25) is 0 Å². The summed E-state index contributed by atoms with van der Waals surface area (Å²) in [5.41, 5.74) is 10.2. The van der Waals surface area contributed by atoms with E-state index in [9.17, 15) is 30.0 Å². The minimum Gasteiger partial charge on any atom is -0.462 e. The van der Waals surface area contributed by atoms with Gasteiger partial charge in [0, 0.05) is 12.8 Å². The number of aliphatic hydroxyl groups excluding tert-OH is 4. The van der Waals surface area contributed by atoms with E-state index < -0.39 is 0 Å². The average molecular weight is 1400 g/mol. The highest BCUT2D eigenvalue weighted by molar-refractivity contribution is 5.71. The fourth-order valence-electron chi connectivity index (χ4n) is 14.8. The molecule has 100 heavy (non-hydrogen) atoms. The summed E-state index contributed by atoms with van der Waals surface area (Å²) in [6.07, 6.45) is 74.9. The van der Waals surface area contributed by atoms with Crippen LogP contribution in [0.2, 0.25) is 0 Å². The topological polar surface area (TPSA) is 134 Å². The van der Waals surface area contributed by atoms with E-state index in [-0.39, 0.29) is 48.6 Å². The SMILES string of the molecule is CC(C)=CCC/C(C)=C/CC/C(C)=C/CC1CCCC1O.CC(C)=CCC/C(C)=C/CC1CCCC1O.CC/C(C)=C/CC/C(C)=C/CC1CCCC1O.CCC(C)CCCC(C)CCC1CCCC1O.CCCCCCCCC1CCC(=O)O1.CCCCCCCCCC1CCC(=O)O1. The number of esters is 2. The second kappa shape index (κ2) is 62.2. The van der Waals surface area contributed by atoms with Gasteiger partial charge in [-0.2, -0.15) is 0 Å². The molecule has 582 valence electrons. The third kappa shape index (κ3) is 52.8. The van der Waals surface area contributed by atoms with Crippen LogP contribution in [-0.2, 0) is 19.1 Å². The second-order valence-corrected chi connectivity index (χ2v) is 33.0. The lowest BCUT2D eigenvalue weighted by atomic mass is 9.90. The molecule has 6 fully saturated rings. The number of ether oxygens (including phenoxy) is 2. The van der Waals surface area contributed by atoms with Gasteiger partial charge < -0.3 is 29.9 Å². The van der Waals surface area contributed by atoms with Gasteiger partial charge in [-0.3, -0.25) is 9.59 Å². The molecule has 0 aromatic rings. The summed E-state index contributed by atoms with van der Waals surface area (Å²) >= 11 is 0. The highest BCUT2D eigenvalue weighted by atomic mass is 16.6. The van der Waals surface area contributed by atoms with Crippen LogP contribution in [0.5, 0.6) is 0 Å². The molecule has 2 aliphatic heterocycles. The zero-order valence-electron chi connectivity index (χ0n) is 68.5. The van der Waals surface area contributed by atoms with Crippen LogP contribution in [0.15, 0.2) is 81.5 Å². The third-order valence-corrected chi connectivity index (χ3v) is 22.7. The van der Waals surface area contributed by atoms with E-state index in [0.29, 0.717) is 36.5 Å². The fraction of sp³-hybridized carbons (Fsp3) is 0.826. The van der Waals surface area contributed by atoms with Crippen molar-refractivity contribution in [1.82, 2.24) is 0 Å². The molecular formula is C92H166O8. The molecule has 0 amide bonds. The van der Waals surface area contributed by atoms with Crippen molar-refractivity contribution in [2.45, 2.75) is 455 Å². The van der Waals surface area contributed by atoms with Crippen molar-refractivity contribution in [3.05, 3.63) is 81.5 Å². The van der Waals surface area contributed by atoms with Gasteiger partial charge in [-0.1, -0.05) is 252 Å². The first-order valence-corrected chi connectivity index (χ1v) is 42.7. The zero-order chi connectivity index (χ0) is 74.1. The Morgan fingerprint density at radius 1 is 0.370 bits per heavy atom. The monoisotopic (exact) mass is 1400 g/mol. The Morgan fingerprint density at radius 3 is 1.02 bits per heavy atom. The summed E-state index contributed by atoms with van der Waals surface area (Å²) in [5, 5.41) is 39.1. The number of carbonyl (C=O) groups excluding carboxylic acids is 2. The van der Waals surface area contributed by atoms with Crippen molar-refractivity contribution in [2.24, 2.45) is 35.5 Å². The number of rotatable bonds is 42. The third-order valence-electron chi connectivity index (χ3n) is 22.7. The maximum Gasteiger partial charge on any atom is 0.306 e. The van der Waals surface area contributed by atoms with E-state index in [4.69, 9.17) is 9.47 Å². The van der Waals surface area contributed by atoms with Crippen LogP contribution in [0.1, 0.15) is 418 Å². The molecule has 4 N–H and O–H groups in total. The van der Waals surface area contributed by atoms with Crippen molar-refractivity contribution >= 4 is 11.9 Å². The van der Waals surface area contributed by atoms with Crippen LogP contribution in [0, 0.1) is 35.5 Å². The Labute approximate surface area is 620 Å². The van der Waals surface area contributed by atoms with Gasteiger partial charge in [-0.15, -0.1) is 0 Å². The van der Waals surface area contributed by atoms with Crippen molar-refractivity contribution in [1.29, 1.82) is 0 Å². The molecule has 0 bridgehead atoms. The summed E-state index contributed by atoms with van der Waals surface area (Å²) in [6, 6.07) is 0. The lowest BCUT2D eigenvalue weighted by Crippen LogP contribution is -2.14. The summed E-state index contributed by atoms with van der Waals surface area (Å²) in [5.74, 6) is 3.94. The van der Waals surface area contributed by atoms with Gasteiger partial charge in [0.1, 0.15) is 12.2 Å². The van der Waals surface area contributed by atoms with Crippen LogP contribution >= 0.6 is 0 Å². The number of hydrogen-bond acceptors (Lipinski definition) is 8. The summed E-state index contributed by atoms with van der Waals surface area (Å²) in [4.78, 5) is 21.6. The van der Waals surface area contributed by atoms with Gasteiger partial charge in [0.25, 0.3) is 0 Å². The van der Waals surface area contributed by atoms with Gasteiger partial charge in [-0.05, 0) is 271 Å². The number of unbranched alkanes of at least 4 members (excludes halogenated alkanes) is 11. The first-order valence-electron chi connectivity index (χ1n) is 42.7. The molecule has 4 aliphatic carbocycles. The molecule has 0 spiro atoms. The van der Waals surface area contributed by atoms with E-state index in [0.717, 1.165) is 121 Å². The Bertz CT molecular complexity index is 2240. The lowest BCUT2D eigenvalue weighted by molar-refractivity contribution is -0.142. The minimum atomic E-state index is -0.0498. The van der Waals surface area contributed by atoms with Crippen molar-refractivity contribution in [3.8, 4) is 0 Å². The lowest BCUT2D eigenvalue weighted by Gasteiger charge is -2.18. The van der Waals surface area contributed by atoms with Crippen molar-refractivity contribution in [2.75, 3.05) is 0 Å². The molecule has 0 aromatic heterocycles. The second-order valence-electron chi connectivity index (χ2n) is 33.0. The molecule has 0 radical (unpaired) electrons. The number of hydrogen-bond donors (Lipinski definition) is 4. The smallest absolute Gasteiger partial charge is 0.306 e. The molecule has 8 nitrogen and oxygen atoms in total. The summed E-state index contributed by atoms with van der Waals surface area (Å²) in [6.45, 7) is 33.4. The number of aliphatic hydroxyl groups is 4. The Kier molecular flexibility index (Phi) is 59.1. The summed E-state index contributed by atoms with van der Waals surface area (Å²) in [7, 11) is 0. The fourth-order valence-corrected chi connectivity index (χ4v) is 14.8. The molecular weight excluding hydrogens is 1230 g/mol. The Hall–Kier alpha value is -3.04. The van der Waals surface area contributed by atoms with Crippen LogP contribution in [0.4, 0.5) is 0 Å². The molecule has 8 heteroatoms. The van der Waals surface area contributed by atoms with Crippen LogP contribution in [-0.4, -0.2) is 69.0 Å². The number of allylic oxidation sites excluding steroid dienone is 14. The number of cyclic esters (lactones) is 2. The maximum atomic E-state index is 10.8. The molecule has 12 atom stereocenters. The van der Waals surface area contributed by atoms with E-state index >= 15 is 0 Å². The molecule has 2 heterocycles. The highest BCUT2D eigenvalue weighted by Gasteiger charge is 2.28. The molecule has 12 unspecified atom stereocenters. The molecule has 6 aliphatic rings. The predicted molar refractivity (Wildman–Crippen MR) is 433 cm³/mol. The van der Waals surface area contributed by atoms with Crippen molar-refractivity contribution in [3.63, 3.8) is 0 Å². The zero-order valence-corrected chi connectivity index (χ0v) is 68.5. The molecule has 2 saturated heterocycles. The number of carbonyl (C=O) groups is 2. The van der Waals surface area contributed by atoms with E-state index in [2.05, 4.69) is 146 Å². The maximum absolute atomic E-state index is 10.8. The normalized spacial score (nSPS) is 24.4. The average Bonchev–Trinajstić information content (AvgIpc) is 1.85. The Morgan fingerprint density at radius 2 is 0.700 bits per heavy atom. The van der Waals surface area contributed by atoms with E-state index in [1.54, 1.807) is 0 Å². The van der Waals surface area contributed by atoms with Gasteiger partial charge in [0.05, 0.1) is 24.4 Å². The van der Waals surface area contributed by atoms with Crippen LogP contribution < -0.4 is 0 Å².